The lowest BCUT2D eigenvalue weighted by Gasteiger charge is -2.14. The molecule has 5 nitrogen and oxygen atoms in total. The van der Waals surface area contributed by atoms with E-state index < -0.39 is 0 Å². The summed E-state index contributed by atoms with van der Waals surface area (Å²) in [6, 6.07) is 12.6. The Hall–Kier alpha value is -2.70. The van der Waals surface area contributed by atoms with Crippen LogP contribution in [0.2, 0.25) is 5.02 Å². The van der Waals surface area contributed by atoms with Crippen molar-refractivity contribution < 1.29 is 9.59 Å². The number of carbonyl (C=O) groups is 2. The Morgan fingerprint density at radius 1 is 1.07 bits per heavy atom. The number of nitrogens with zero attached hydrogens (tertiary/aromatic N) is 1. The second-order valence-electron chi connectivity index (χ2n) is 7.14. The molecule has 1 atom stereocenters. The third kappa shape index (κ3) is 4.04. The van der Waals surface area contributed by atoms with Crippen molar-refractivity contribution >= 4 is 45.6 Å². The summed E-state index contributed by atoms with van der Waals surface area (Å²) in [5, 5.41) is 6.99. The first-order chi connectivity index (χ1) is 13.9. The van der Waals surface area contributed by atoms with Gasteiger partial charge >= 0.3 is 0 Å². The van der Waals surface area contributed by atoms with Gasteiger partial charge in [-0.2, -0.15) is 0 Å². The fraction of sp³-hybridized carbons (Fsp3) is 0.227. The summed E-state index contributed by atoms with van der Waals surface area (Å²) in [4.78, 5) is 31.0. The van der Waals surface area contributed by atoms with E-state index in [4.69, 9.17) is 11.6 Å². The van der Waals surface area contributed by atoms with Gasteiger partial charge in [0.15, 0.2) is 5.13 Å². The van der Waals surface area contributed by atoms with Crippen LogP contribution in [0.3, 0.4) is 0 Å². The first kappa shape index (κ1) is 19.6. The van der Waals surface area contributed by atoms with Crippen molar-refractivity contribution in [2.75, 3.05) is 10.6 Å². The molecule has 0 saturated carbocycles. The van der Waals surface area contributed by atoms with Gasteiger partial charge in [-0.15, -0.1) is 11.3 Å². The van der Waals surface area contributed by atoms with E-state index in [0.29, 0.717) is 15.7 Å². The lowest BCUT2D eigenvalue weighted by molar-refractivity contribution is -0.117. The molecule has 1 aliphatic rings. The first-order valence-corrected chi connectivity index (χ1v) is 10.6. The molecule has 0 aliphatic heterocycles. The zero-order chi connectivity index (χ0) is 20.5. The minimum Gasteiger partial charge on any atom is -0.325 e. The molecule has 2 amide bonds. The molecular weight excluding hydrogens is 406 g/mol. The van der Waals surface area contributed by atoms with Crippen LogP contribution in [0.1, 0.15) is 44.4 Å². The van der Waals surface area contributed by atoms with Gasteiger partial charge in [-0.3, -0.25) is 14.9 Å². The fourth-order valence-corrected chi connectivity index (χ4v) is 4.69. The zero-order valence-corrected chi connectivity index (χ0v) is 17.7. The highest BCUT2D eigenvalue weighted by Gasteiger charge is 2.33. The summed E-state index contributed by atoms with van der Waals surface area (Å²) in [7, 11) is 0. The van der Waals surface area contributed by atoms with Crippen LogP contribution >= 0.6 is 22.9 Å². The van der Waals surface area contributed by atoms with Crippen LogP contribution in [0.5, 0.6) is 0 Å². The van der Waals surface area contributed by atoms with E-state index in [1.54, 1.807) is 24.3 Å². The van der Waals surface area contributed by atoms with Crippen LogP contribution in [-0.4, -0.2) is 16.8 Å². The SMILES string of the molecule is Cc1cccc(C)c1NC(=O)C1CCc2sc(NC(=O)c3ccc(Cl)cc3)nc21. The van der Waals surface area contributed by atoms with E-state index in [2.05, 4.69) is 15.6 Å². The van der Waals surface area contributed by atoms with E-state index in [-0.39, 0.29) is 17.7 Å². The van der Waals surface area contributed by atoms with Crippen LogP contribution in [-0.2, 0) is 11.2 Å². The van der Waals surface area contributed by atoms with Crippen molar-refractivity contribution in [2.45, 2.75) is 32.6 Å². The quantitative estimate of drug-likeness (QED) is 0.593. The third-order valence-corrected chi connectivity index (χ3v) is 6.39. The number of rotatable bonds is 4. The molecule has 0 radical (unpaired) electrons. The Labute approximate surface area is 178 Å². The molecule has 2 aromatic carbocycles. The van der Waals surface area contributed by atoms with E-state index >= 15 is 0 Å². The topological polar surface area (TPSA) is 71.1 Å². The van der Waals surface area contributed by atoms with Gasteiger partial charge in [0.2, 0.25) is 5.91 Å². The Kier molecular flexibility index (Phi) is 5.39. The molecule has 0 bridgehead atoms. The van der Waals surface area contributed by atoms with Crippen LogP contribution in [0.15, 0.2) is 42.5 Å². The molecule has 29 heavy (non-hydrogen) atoms. The van der Waals surface area contributed by atoms with Crippen molar-refractivity contribution in [1.29, 1.82) is 0 Å². The van der Waals surface area contributed by atoms with Gasteiger partial charge in [0.05, 0.1) is 11.6 Å². The van der Waals surface area contributed by atoms with Crippen LogP contribution in [0.25, 0.3) is 0 Å². The lowest BCUT2D eigenvalue weighted by Crippen LogP contribution is -2.21. The summed E-state index contributed by atoms with van der Waals surface area (Å²) in [6.45, 7) is 3.96. The molecule has 1 aliphatic carbocycles. The molecule has 148 valence electrons. The number of hydrogen-bond acceptors (Lipinski definition) is 4. The summed E-state index contributed by atoms with van der Waals surface area (Å²) < 4.78 is 0. The number of fused-ring (bicyclic) bond motifs is 1. The summed E-state index contributed by atoms with van der Waals surface area (Å²) in [5.41, 5.74) is 4.20. The highest BCUT2D eigenvalue weighted by Crippen LogP contribution is 2.39. The number of benzene rings is 2. The number of amides is 2. The molecule has 3 aromatic rings. The van der Waals surface area contributed by atoms with Crippen molar-refractivity contribution in [3.8, 4) is 0 Å². The molecule has 7 heteroatoms. The normalized spacial score (nSPS) is 15.1. The second kappa shape index (κ2) is 7.97. The van der Waals surface area contributed by atoms with E-state index in [0.717, 1.165) is 40.2 Å². The van der Waals surface area contributed by atoms with Crippen molar-refractivity contribution in [3.63, 3.8) is 0 Å². The van der Waals surface area contributed by atoms with Gasteiger partial charge in [-0.25, -0.2) is 4.98 Å². The number of anilines is 2. The minimum atomic E-state index is -0.304. The number of halogens is 1. The summed E-state index contributed by atoms with van der Waals surface area (Å²) >= 11 is 7.30. The Balaban J connectivity index is 1.49. The molecule has 0 spiro atoms. The van der Waals surface area contributed by atoms with Crippen molar-refractivity contribution in [3.05, 3.63) is 74.7 Å². The fourth-order valence-electron chi connectivity index (χ4n) is 3.53. The predicted molar refractivity (Wildman–Crippen MR) is 117 cm³/mol. The molecule has 0 fully saturated rings. The summed E-state index contributed by atoms with van der Waals surface area (Å²) in [5.74, 6) is -0.603. The molecule has 0 saturated heterocycles. The number of hydrogen-bond donors (Lipinski definition) is 2. The maximum absolute atomic E-state index is 12.9. The average molecular weight is 426 g/mol. The largest absolute Gasteiger partial charge is 0.325 e. The predicted octanol–water partition coefficient (Wildman–Crippen LogP) is 5.33. The molecule has 2 N–H and O–H groups in total. The first-order valence-electron chi connectivity index (χ1n) is 9.36. The zero-order valence-electron chi connectivity index (χ0n) is 16.1. The monoisotopic (exact) mass is 425 g/mol. The highest BCUT2D eigenvalue weighted by atomic mass is 35.5. The molecule has 4 rings (SSSR count). The van der Waals surface area contributed by atoms with E-state index in [9.17, 15) is 9.59 Å². The Morgan fingerprint density at radius 2 is 1.76 bits per heavy atom. The maximum Gasteiger partial charge on any atom is 0.257 e. The molecular formula is C22H20ClN3O2S. The van der Waals surface area contributed by atoms with Gasteiger partial charge in [0, 0.05) is 21.2 Å². The maximum atomic E-state index is 12.9. The smallest absolute Gasteiger partial charge is 0.257 e. The van der Waals surface area contributed by atoms with Gasteiger partial charge in [-0.1, -0.05) is 29.8 Å². The number of nitrogens with one attached hydrogen (secondary N) is 2. The van der Waals surface area contributed by atoms with Crippen LogP contribution in [0.4, 0.5) is 10.8 Å². The number of aromatic nitrogens is 1. The van der Waals surface area contributed by atoms with Gasteiger partial charge in [-0.05, 0) is 62.1 Å². The van der Waals surface area contributed by atoms with E-state index in [1.807, 2.05) is 32.0 Å². The van der Waals surface area contributed by atoms with Crippen LogP contribution < -0.4 is 10.6 Å². The molecule has 1 aromatic heterocycles. The second-order valence-corrected chi connectivity index (χ2v) is 8.66. The van der Waals surface area contributed by atoms with Gasteiger partial charge < -0.3 is 5.32 Å². The highest BCUT2D eigenvalue weighted by molar-refractivity contribution is 7.16. The standard InChI is InChI=1S/C22H20ClN3O2S/c1-12-4-3-5-13(2)18(12)24-21(28)16-10-11-17-19(16)25-22(29-17)26-20(27)14-6-8-15(23)9-7-14/h3-9,16H,10-11H2,1-2H3,(H,24,28)(H,25,26,27). The minimum absolute atomic E-state index is 0.0537. The summed E-state index contributed by atoms with van der Waals surface area (Å²) in [6.07, 6.45) is 1.52. The van der Waals surface area contributed by atoms with Crippen molar-refractivity contribution in [2.24, 2.45) is 0 Å². The lowest BCUT2D eigenvalue weighted by atomic mass is 10.0. The van der Waals surface area contributed by atoms with Crippen LogP contribution in [0, 0.1) is 13.8 Å². The number of thiazole rings is 1. The Bertz CT molecular complexity index is 1070. The third-order valence-electron chi connectivity index (χ3n) is 5.09. The Morgan fingerprint density at radius 3 is 2.45 bits per heavy atom. The van der Waals surface area contributed by atoms with Gasteiger partial charge in [0.25, 0.3) is 5.91 Å². The van der Waals surface area contributed by atoms with E-state index in [1.165, 1.54) is 11.3 Å². The number of carbonyl (C=O) groups excluding carboxylic acids is 2. The average Bonchev–Trinajstić information content (AvgIpc) is 3.25. The number of aryl methyl sites for hydroxylation is 3. The molecule has 1 unspecified atom stereocenters. The number of para-hydroxylation sites is 1. The van der Waals surface area contributed by atoms with Crippen molar-refractivity contribution in [1.82, 2.24) is 4.98 Å². The van der Waals surface area contributed by atoms with Gasteiger partial charge in [0.1, 0.15) is 0 Å². The molecule has 1 heterocycles.